The number of ether oxygens (including phenoxy) is 1. The third-order valence-corrected chi connectivity index (χ3v) is 5.56. The lowest BCUT2D eigenvalue weighted by Crippen LogP contribution is -2.41. The highest BCUT2D eigenvalue weighted by atomic mass is 16.5. The van der Waals surface area contributed by atoms with Crippen molar-refractivity contribution in [2.45, 2.75) is 46.3 Å². The van der Waals surface area contributed by atoms with E-state index in [0.29, 0.717) is 25.5 Å². The molecular formula is C23H27N3O3. The number of nitrogens with zero attached hydrogens (tertiary/aromatic N) is 3. The smallest absolute Gasteiger partial charge is 0.255 e. The molecule has 0 aliphatic carbocycles. The van der Waals surface area contributed by atoms with Crippen molar-refractivity contribution in [3.8, 4) is 5.82 Å². The molecule has 3 aromatic rings. The number of rotatable bonds is 5. The Balaban J connectivity index is 1.39. The van der Waals surface area contributed by atoms with Gasteiger partial charge in [-0.3, -0.25) is 9.36 Å². The Kier molecular flexibility index (Phi) is 5.53. The van der Waals surface area contributed by atoms with Crippen molar-refractivity contribution in [3.05, 3.63) is 70.7 Å². The molecule has 0 radical (unpaired) electrons. The van der Waals surface area contributed by atoms with Crippen molar-refractivity contribution in [1.29, 1.82) is 0 Å². The maximum Gasteiger partial charge on any atom is 0.255 e. The van der Waals surface area contributed by atoms with E-state index >= 15 is 0 Å². The van der Waals surface area contributed by atoms with E-state index in [9.17, 15) is 4.79 Å². The van der Waals surface area contributed by atoms with Crippen LogP contribution in [0.5, 0.6) is 0 Å². The lowest BCUT2D eigenvalue weighted by atomic mass is 10.1. The van der Waals surface area contributed by atoms with Gasteiger partial charge in [-0.1, -0.05) is 35.5 Å². The van der Waals surface area contributed by atoms with Crippen molar-refractivity contribution in [3.63, 3.8) is 0 Å². The Bertz CT molecular complexity index is 982. The molecule has 1 aliphatic rings. The first-order valence-electron chi connectivity index (χ1n) is 10.1. The molecule has 0 unspecified atom stereocenters. The molecule has 6 nitrogen and oxygen atoms in total. The number of aromatic nitrogens is 2. The number of hydrogen-bond donors (Lipinski definition) is 0. The van der Waals surface area contributed by atoms with Gasteiger partial charge in [0.15, 0.2) is 5.82 Å². The highest BCUT2D eigenvalue weighted by molar-refractivity contribution is 5.96. The van der Waals surface area contributed by atoms with Gasteiger partial charge in [-0.05, 0) is 45.2 Å². The summed E-state index contributed by atoms with van der Waals surface area (Å²) in [7, 11) is 0. The molecule has 0 bridgehead atoms. The Hall–Kier alpha value is -2.86. The van der Waals surface area contributed by atoms with E-state index in [-0.39, 0.29) is 12.0 Å². The number of likely N-dealkylation sites (tertiary alicyclic amines) is 1. The minimum Gasteiger partial charge on any atom is -0.373 e. The molecule has 1 aromatic carbocycles. The van der Waals surface area contributed by atoms with Crippen LogP contribution in [0.3, 0.4) is 0 Å². The molecule has 0 saturated carbocycles. The van der Waals surface area contributed by atoms with Crippen LogP contribution in [0.4, 0.5) is 0 Å². The van der Waals surface area contributed by atoms with Gasteiger partial charge < -0.3 is 14.2 Å². The van der Waals surface area contributed by atoms with Crippen LogP contribution in [-0.2, 0) is 11.3 Å². The van der Waals surface area contributed by atoms with E-state index in [0.717, 1.165) is 35.6 Å². The molecule has 4 rings (SSSR count). The van der Waals surface area contributed by atoms with Gasteiger partial charge in [0, 0.05) is 30.5 Å². The molecule has 3 heterocycles. The van der Waals surface area contributed by atoms with Gasteiger partial charge in [-0.25, -0.2) is 0 Å². The van der Waals surface area contributed by atoms with Gasteiger partial charge in [0.25, 0.3) is 5.91 Å². The van der Waals surface area contributed by atoms with Gasteiger partial charge in [-0.2, -0.15) is 0 Å². The zero-order valence-electron chi connectivity index (χ0n) is 17.2. The van der Waals surface area contributed by atoms with Crippen LogP contribution in [0.2, 0.25) is 0 Å². The fraction of sp³-hybridized carbons (Fsp3) is 0.391. The largest absolute Gasteiger partial charge is 0.373 e. The van der Waals surface area contributed by atoms with Gasteiger partial charge >= 0.3 is 0 Å². The number of piperidine rings is 1. The first kappa shape index (κ1) is 19.5. The molecule has 1 fully saturated rings. The molecule has 0 spiro atoms. The minimum atomic E-state index is 0.0751. The fourth-order valence-corrected chi connectivity index (χ4v) is 3.97. The SMILES string of the molecule is Cc1cc(-n2c(C)cc(C(=O)N3CCC(OCc4ccccc4)CC3)c2C)no1. The first-order chi connectivity index (χ1) is 14.0. The van der Waals surface area contributed by atoms with Crippen LogP contribution in [0.25, 0.3) is 5.82 Å². The van der Waals surface area contributed by atoms with Gasteiger partial charge in [0.2, 0.25) is 0 Å². The van der Waals surface area contributed by atoms with E-state index in [4.69, 9.17) is 9.26 Å². The van der Waals surface area contributed by atoms with Crippen molar-refractivity contribution in [1.82, 2.24) is 14.6 Å². The van der Waals surface area contributed by atoms with E-state index in [1.54, 1.807) is 0 Å². The van der Waals surface area contributed by atoms with Crippen LogP contribution in [0.15, 0.2) is 47.0 Å². The highest BCUT2D eigenvalue weighted by Gasteiger charge is 2.27. The minimum absolute atomic E-state index is 0.0751. The normalized spacial score (nSPS) is 15.1. The summed E-state index contributed by atoms with van der Waals surface area (Å²) < 4.78 is 13.2. The third kappa shape index (κ3) is 4.12. The number of hydrogen-bond acceptors (Lipinski definition) is 4. The zero-order valence-corrected chi connectivity index (χ0v) is 17.2. The van der Waals surface area contributed by atoms with Gasteiger partial charge in [0.05, 0.1) is 18.3 Å². The standard InChI is InChI=1S/C23H27N3O3/c1-16-13-21(18(3)26(16)22-14-17(2)29-24-22)23(27)25-11-9-20(10-12-25)28-15-19-7-5-4-6-8-19/h4-8,13-14,20H,9-12,15H2,1-3H3. The van der Waals surface area contributed by atoms with Crippen LogP contribution in [-0.4, -0.2) is 39.7 Å². The molecule has 1 aliphatic heterocycles. The number of carbonyl (C=O) groups excluding carboxylic acids is 1. The summed E-state index contributed by atoms with van der Waals surface area (Å²) in [6.07, 6.45) is 1.92. The van der Waals surface area contributed by atoms with Crippen LogP contribution in [0, 0.1) is 20.8 Å². The maximum atomic E-state index is 13.1. The Morgan fingerprint density at radius 2 is 1.86 bits per heavy atom. The lowest BCUT2D eigenvalue weighted by Gasteiger charge is -2.32. The van der Waals surface area contributed by atoms with Crippen molar-refractivity contribution in [2.75, 3.05) is 13.1 Å². The molecule has 2 aromatic heterocycles. The molecule has 0 N–H and O–H groups in total. The fourth-order valence-electron chi connectivity index (χ4n) is 3.97. The first-order valence-corrected chi connectivity index (χ1v) is 10.1. The molecule has 1 amide bonds. The molecule has 152 valence electrons. The molecule has 1 saturated heterocycles. The number of amides is 1. The highest BCUT2D eigenvalue weighted by Crippen LogP contribution is 2.24. The van der Waals surface area contributed by atoms with Crippen LogP contribution < -0.4 is 0 Å². The second-order valence-electron chi connectivity index (χ2n) is 7.70. The second kappa shape index (κ2) is 8.25. The van der Waals surface area contributed by atoms with Gasteiger partial charge in [-0.15, -0.1) is 0 Å². The molecule has 29 heavy (non-hydrogen) atoms. The van der Waals surface area contributed by atoms with Gasteiger partial charge in [0.1, 0.15) is 5.76 Å². The van der Waals surface area contributed by atoms with E-state index in [1.165, 1.54) is 5.56 Å². The summed E-state index contributed by atoms with van der Waals surface area (Å²) in [5.41, 5.74) is 3.77. The van der Waals surface area contributed by atoms with Crippen molar-refractivity contribution >= 4 is 5.91 Å². The lowest BCUT2D eigenvalue weighted by molar-refractivity contribution is -0.000393. The van der Waals surface area contributed by atoms with Crippen molar-refractivity contribution in [2.24, 2.45) is 0 Å². The number of aryl methyl sites for hydroxylation is 2. The summed E-state index contributed by atoms with van der Waals surface area (Å²) in [4.78, 5) is 15.1. The summed E-state index contributed by atoms with van der Waals surface area (Å²) in [5, 5.41) is 4.09. The summed E-state index contributed by atoms with van der Waals surface area (Å²) in [6, 6.07) is 14.0. The average Bonchev–Trinajstić information content (AvgIpc) is 3.29. The topological polar surface area (TPSA) is 60.5 Å². The maximum absolute atomic E-state index is 13.1. The molecular weight excluding hydrogens is 366 g/mol. The summed E-state index contributed by atoms with van der Waals surface area (Å²) in [5.74, 6) is 1.54. The quantitative estimate of drug-likeness (QED) is 0.651. The average molecular weight is 393 g/mol. The van der Waals surface area contributed by atoms with E-state index in [1.807, 2.05) is 60.6 Å². The zero-order chi connectivity index (χ0) is 20.4. The predicted molar refractivity (Wildman–Crippen MR) is 110 cm³/mol. The molecule has 0 atom stereocenters. The van der Waals surface area contributed by atoms with Crippen LogP contribution >= 0.6 is 0 Å². The summed E-state index contributed by atoms with van der Waals surface area (Å²) >= 11 is 0. The van der Waals surface area contributed by atoms with E-state index in [2.05, 4.69) is 17.3 Å². The summed E-state index contributed by atoms with van der Waals surface area (Å²) in [6.45, 7) is 7.85. The Morgan fingerprint density at radius 3 is 2.52 bits per heavy atom. The number of benzene rings is 1. The monoisotopic (exact) mass is 393 g/mol. The molecule has 6 heteroatoms. The third-order valence-electron chi connectivity index (χ3n) is 5.56. The Morgan fingerprint density at radius 1 is 1.14 bits per heavy atom. The van der Waals surface area contributed by atoms with E-state index < -0.39 is 0 Å². The van der Waals surface area contributed by atoms with Crippen molar-refractivity contribution < 1.29 is 14.1 Å². The van der Waals surface area contributed by atoms with Crippen LogP contribution in [0.1, 0.15) is 45.9 Å². The number of carbonyl (C=O) groups is 1. The Labute approximate surface area is 171 Å². The second-order valence-corrected chi connectivity index (χ2v) is 7.70. The predicted octanol–water partition coefficient (Wildman–Crippen LogP) is 4.21.